The quantitative estimate of drug-likeness (QED) is 0.678. The van der Waals surface area contributed by atoms with Crippen molar-refractivity contribution < 1.29 is 19.1 Å². The fraction of sp³-hybridized carbons (Fsp3) is 0.200. The van der Waals surface area contributed by atoms with E-state index >= 15 is 0 Å². The Bertz CT molecular complexity index is 444. The second kappa shape index (κ2) is 3.34. The molecule has 0 unspecified atom stereocenters. The number of fused-ring (bicyclic) bond motifs is 1. The minimum atomic E-state index is -1.19. The summed E-state index contributed by atoms with van der Waals surface area (Å²) >= 11 is 0. The van der Waals surface area contributed by atoms with Gasteiger partial charge in [0.05, 0.1) is 0 Å². The SMILES string of the molecule is O=C(O)[C@@H]1Cc2cc(F)ccc2NC1=O. The first kappa shape index (κ1) is 9.64. The van der Waals surface area contributed by atoms with Crippen LogP contribution in [0.5, 0.6) is 0 Å². The second-order valence-corrected chi connectivity index (χ2v) is 3.39. The molecule has 1 aliphatic rings. The van der Waals surface area contributed by atoms with Gasteiger partial charge in [0.2, 0.25) is 5.91 Å². The molecule has 1 aromatic carbocycles. The fourth-order valence-electron chi connectivity index (χ4n) is 1.59. The monoisotopic (exact) mass is 209 g/mol. The number of rotatable bonds is 1. The highest BCUT2D eigenvalue weighted by molar-refractivity contribution is 6.06. The van der Waals surface area contributed by atoms with Crippen molar-refractivity contribution in [3.63, 3.8) is 0 Å². The van der Waals surface area contributed by atoms with Gasteiger partial charge in [-0.05, 0) is 30.2 Å². The molecule has 0 saturated heterocycles. The summed E-state index contributed by atoms with van der Waals surface area (Å²) in [5, 5.41) is 11.2. The van der Waals surface area contributed by atoms with Gasteiger partial charge in [0.25, 0.3) is 0 Å². The molecule has 0 radical (unpaired) electrons. The molecule has 2 rings (SSSR count). The number of carbonyl (C=O) groups excluding carboxylic acids is 1. The molecule has 1 amide bonds. The molecule has 0 saturated carbocycles. The number of carboxylic acids is 1. The zero-order valence-corrected chi connectivity index (χ0v) is 7.66. The van der Waals surface area contributed by atoms with E-state index in [1.54, 1.807) is 0 Å². The molecule has 78 valence electrons. The summed E-state index contributed by atoms with van der Waals surface area (Å²) in [6, 6.07) is 3.89. The van der Waals surface area contributed by atoms with Crippen LogP contribution in [0.15, 0.2) is 18.2 Å². The van der Waals surface area contributed by atoms with Crippen LogP contribution < -0.4 is 5.32 Å². The van der Waals surface area contributed by atoms with E-state index in [2.05, 4.69) is 5.32 Å². The molecule has 5 heteroatoms. The third-order valence-corrected chi connectivity index (χ3v) is 2.36. The van der Waals surface area contributed by atoms with Crippen molar-refractivity contribution in [1.29, 1.82) is 0 Å². The van der Waals surface area contributed by atoms with Crippen molar-refractivity contribution in [2.45, 2.75) is 6.42 Å². The lowest BCUT2D eigenvalue weighted by Gasteiger charge is -2.21. The molecule has 4 nitrogen and oxygen atoms in total. The topological polar surface area (TPSA) is 66.4 Å². The van der Waals surface area contributed by atoms with Gasteiger partial charge in [-0.3, -0.25) is 9.59 Å². The predicted molar refractivity (Wildman–Crippen MR) is 49.9 cm³/mol. The summed E-state index contributed by atoms with van der Waals surface area (Å²) in [6.07, 6.45) is 0.0360. The summed E-state index contributed by atoms with van der Waals surface area (Å²) in [5.41, 5.74) is 1.00. The summed E-state index contributed by atoms with van der Waals surface area (Å²) in [7, 11) is 0. The number of amides is 1. The van der Waals surface area contributed by atoms with Crippen LogP contribution in [-0.4, -0.2) is 17.0 Å². The van der Waals surface area contributed by atoms with Crippen molar-refractivity contribution in [3.05, 3.63) is 29.6 Å². The number of carboxylic acid groups (broad SMARTS) is 1. The van der Waals surface area contributed by atoms with Crippen molar-refractivity contribution in [3.8, 4) is 0 Å². The van der Waals surface area contributed by atoms with Gasteiger partial charge >= 0.3 is 5.97 Å². The smallest absolute Gasteiger partial charge is 0.316 e. The molecule has 0 aliphatic carbocycles. The molecule has 1 atom stereocenters. The lowest BCUT2D eigenvalue weighted by atomic mass is 9.93. The van der Waals surface area contributed by atoms with E-state index in [1.165, 1.54) is 18.2 Å². The van der Waals surface area contributed by atoms with Crippen LogP contribution in [0.2, 0.25) is 0 Å². The van der Waals surface area contributed by atoms with E-state index in [4.69, 9.17) is 5.11 Å². The minimum Gasteiger partial charge on any atom is -0.481 e. The lowest BCUT2D eigenvalue weighted by molar-refractivity contribution is -0.145. The third kappa shape index (κ3) is 1.68. The molecule has 15 heavy (non-hydrogen) atoms. The molecular weight excluding hydrogens is 201 g/mol. The van der Waals surface area contributed by atoms with Crippen LogP contribution >= 0.6 is 0 Å². The molecule has 1 heterocycles. The number of nitrogens with one attached hydrogen (secondary N) is 1. The zero-order valence-electron chi connectivity index (χ0n) is 7.66. The van der Waals surface area contributed by atoms with E-state index < -0.39 is 23.6 Å². The summed E-state index contributed by atoms with van der Waals surface area (Å²) in [5.74, 6) is -3.31. The Morgan fingerprint density at radius 2 is 2.27 bits per heavy atom. The second-order valence-electron chi connectivity index (χ2n) is 3.39. The Kier molecular flexibility index (Phi) is 2.15. The van der Waals surface area contributed by atoms with Crippen LogP contribution in [0.1, 0.15) is 5.56 Å². The molecular formula is C10H8FNO3. The molecule has 0 aromatic heterocycles. The zero-order chi connectivity index (χ0) is 11.0. The van der Waals surface area contributed by atoms with Gasteiger partial charge in [-0.2, -0.15) is 0 Å². The van der Waals surface area contributed by atoms with E-state index in [-0.39, 0.29) is 6.42 Å². The van der Waals surface area contributed by atoms with Gasteiger partial charge in [-0.1, -0.05) is 0 Å². The molecule has 0 fully saturated rings. The van der Waals surface area contributed by atoms with Crippen LogP contribution in [0.4, 0.5) is 10.1 Å². The Balaban J connectivity index is 2.39. The van der Waals surface area contributed by atoms with Crippen molar-refractivity contribution in [2.24, 2.45) is 5.92 Å². The largest absolute Gasteiger partial charge is 0.481 e. The van der Waals surface area contributed by atoms with Gasteiger partial charge in [0.1, 0.15) is 11.7 Å². The molecule has 1 aromatic rings. The van der Waals surface area contributed by atoms with Gasteiger partial charge in [-0.15, -0.1) is 0 Å². The van der Waals surface area contributed by atoms with E-state index in [9.17, 15) is 14.0 Å². The van der Waals surface area contributed by atoms with Crippen LogP contribution in [0, 0.1) is 11.7 Å². The Hall–Kier alpha value is -1.91. The van der Waals surface area contributed by atoms with Gasteiger partial charge in [0.15, 0.2) is 0 Å². The molecule has 0 bridgehead atoms. The first-order valence-electron chi connectivity index (χ1n) is 4.40. The lowest BCUT2D eigenvalue weighted by Crippen LogP contribution is -2.35. The van der Waals surface area contributed by atoms with Crippen LogP contribution in [-0.2, 0) is 16.0 Å². The maximum Gasteiger partial charge on any atom is 0.316 e. The summed E-state index contributed by atoms with van der Waals surface area (Å²) < 4.78 is 12.9. The highest BCUT2D eigenvalue weighted by Crippen LogP contribution is 2.26. The Labute approximate surface area is 84.7 Å². The normalized spacial score (nSPS) is 19.3. The van der Waals surface area contributed by atoms with Crippen molar-refractivity contribution in [2.75, 3.05) is 5.32 Å². The van der Waals surface area contributed by atoms with E-state index in [0.717, 1.165) is 0 Å². The van der Waals surface area contributed by atoms with Crippen molar-refractivity contribution >= 4 is 17.6 Å². The number of carbonyl (C=O) groups is 2. The number of benzene rings is 1. The number of hydrogen-bond donors (Lipinski definition) is 2. The summed E-state index contributed by atoms with van der Waals surface area (Å²) in [6.45, 7) is 0. The van der Waals surface area contributed by atoms with Gasteiger partial charge in [-0.25, -0.2) is 4.39 Å². The average molecular weight is 209 g/mol. The number of hydrogen-bond acceptors (Lipinski definition) is 2. The maximum atomic E-state index is 12.9. The average Bonchev–Trinajstić information content (AvgIpc) is 2.17. The number of aliphatic carboxylic acids is 1. The van der Waals surface area contributed by atoms with Crippen LogP contribution in [0.3, 0.4) is 0 Å². The predicted octanol–water partition coefficient (Wildman–Crippen LogP) is 1.02. The molecule has 0 spiro atoms. The highest BCUT2D eigenvalue weighted by atomic mass is 19.1. The van der Waals surface area contributed by atoms with Crippen LogP contribution in [0.25, 0.3) is 0 Å². The molecule has 2 N–H and O–H groups in total. The third-order valence-electron chi connectivity index (χ3n) is 2.36. The number of anilines is 1. The van der Waals surface area contributed by atoms with E-state index in [0.29, 0.717) is 11.3 Å². The van der Waals surface area contributed by atoms with Gasteiger partial charge in [0, 0.05) is 5.69 Å². The first-order valence-corrected chi connectivity index (χ1v) is 4.40. The number of halogens is 1. The maximum absolute atomic E-state index is 12.9. The summed E-state index contributed by atoms with van der Waals surface area (Å²) in [4.78, 5) is 22.0. The Morgan fingerprint density at radius 3 is 2.93 bits per heavy atom. The van der Waals surface area contributed by atoms with Crippen molar-refractivity contribution in [1.82, 2.24) is 0 Å². The molecule has 1 aliphatic heterocycles. The van der Waals surface area contributed by atoms with E-state index in [1.807, 2.05) is 0 Å². The highest BCUT2D eigenvalue weighted by Gasteiger charge is 2.31. The first-order chi connectivity index (χ1) is 7.08. The minimum absolute atomic E-state index is 0.0360. The standard InChI is InChI=1S/C10H8FNO3/c11-6-1-2-8-5(3-6)4-7(10(14)15)9(13)12-8/h1-3,7H,4H2,(H,12,13)(H,14,15)/t7-/m1/s1. The Morgan fingerprint density at radius 1 is 1.53 bits per heavy atom. The van der Waals surface area contributed by atoms with Gasteiger partial charge < -0.3 is 10.4 Å². The fourth-order valence-corrected chi connectivity index (χ4v) is 1.59.